The lowest BCUT2D eigenvalue weighted by molar-refractivity contribution is 0.0752. The van der Waals surface area contributed by atoms with Crippen LogP contribution in [-0.4, -0.2) is 40.4 Å². The summed E-state index contributed by atoms with van der Waals surface area (Å²) in [6.45, 7) is 8.54. The topological polar surface area (TPSA) is 52.2 Å². The van der Waals surface area contributed by atoms with Crippen molar-refractivity contribution < 1.29 is 4.79 Å². The Morgan fingerprint density at radius 2 is 2.15 bits per heavy atom. The normalized spacial score (nSPS) is 14.2. The molecule has 0 aliphatic carbocycles. The number of nitrogens with one attached hydrogen (secondary N) is 1. The van der Waals surface area contributed by atoms with Crippen LogP contribution in [-0.2, 0) is 6.54 Å². The molecule has 26 heavy (non-hydrogen) atoms. The first-order valence-corrected chi connectivity index (χ1v) is 8.84. The molecule has 0 saturated carbocycles. The van der Waals surface area contributed by atoms with Crippen LogP contribution in [0.5, 0.6) is 0 Å². The average Bonchev–Trinajstić information content (AvgIpc) is 3.05. The molecule has 2 aromatic heterocycles. The van der Waals surface area contributed by atoms with Crippen molar-refractivity contribution in [1.82, 2.24) is 14.9 Å². The molecule has 0 atom stereocenters. The van der Waals surface area contributed by atoms with Gasteiger partial charge >= 0.3 is 0 Å². The van der Waals surface area contributed by atoms with Gasteiger partial charge in [-0.2, -0.15) is 0 Å². The third-order valence-electron chi connectivity index (χ3n) is 4.83. The molecule has 5 heteroatoms. The Bertz CT molecular complexity index is 975. The van der Waals surface area contributed by atoms with Crippen LogP contribution in [0.4, 0.5) is 5.82 Å². The SMILES string of the molecule is C=CCN1CCN(C(=O)c2ccc3[nH]ccc3c2)Cc2ccc(C)nc21. The van der Waals surface area contributed by atoms with Crippen LogP contribution in [0.3, 0.4) is 0 Å². The molecule has 0 saturated heterocycles. The van der Waals surface area contributed by atoms with E-state index in [0.29, 0.717) is 13.1 Å². The van der Waals surface area contributed by atoms with Gasteiger partial charge in [-0.25, -0.2) is 4.98 Å². The van der Waals surface area contributed by atoms with Crippen LogP contribution in [0.25, 0.3) is 10.9 Å². The molecular formula is C21H22N4O. The predicted molar refractivity (Wildman–Crippen MR) is 104 cm³/mol. The molecule has 0 spiro atoms. The second kappa shape index (κ2) is 6.67. The zero-order chi connectivity index (χ0) is 18.1. The van der Waals surface area contributed by atoms with Crippen molar-refractivity contribution in [2.45, 2.75) is 13.5 Å². The highest BCUT2D eigenvalue weighted by atomic mass is 16.2. The van der Waals surface area contributed by atoms with Gasteiger partial charge in [0.1, 0.15) is 5.82 Å². The second-order valence-electron chi connectivity index (χ2n) is 6.68. The number of H-pyrrole nitrogens is 1. The van der Waals surface area contributed by atoms with E-state index in [1.165, 1.54) is 0 Å². The van der Waals surface area contributed by atoms with Crippen molar-refractivity contribution in [2.24, 2.45) is 0 Å². The van der Waals surface area contributed by atoms with Crippen molar-refractivity contribution in [3.63, 3.8) is 0 Å². The number of carbonyl (C=O) groups excluding carboxylic acids is 1. The van der Waals surface area contributed by atoms with E-state index in [4.69, 9.17) is 4.98 Å². The summed E-state index contributed by atoms with van der Waals surface area (Å²) in [4.78, 5) is 25.1. The molecule has 0 radical (unpaired) electrons. The van der Waals surface area contributed by atoms with Crippen molar-refractivity contribution >= 4 is 22.6 Å². The van der Waals surface area contributed by atoms with Crippen molar-refractivity contribution in [3.8, 4) is 0 Å². The quantitative estimate of drug-likeness (QED) is 0.738. The second-order valence-corrected chi connectivity index (χ2v) is 6.68. The Morgan fingerprint density at radius 1 is 1.27 bits per heavy atom. The zero-order valence-corrected chi connectivity index (χ0v) is 14.9. The van der Waals surface area contributed by atoms with Crippen LogP contribution >= 0.6 is 0 Å². The van der Waals surface area contributed by atoms with E-state index in [1.54, 1.807) is 0 Å². The molecule has 3 aromatic rings. The molecule has 0 unspecified atom stereocenters. The first-order valence-electron chi connectivity index (χ1n) is 8.84. The number of anilines is 1. The van der Waals surface area contributed by atoms with Gasteiger partial charge in [0.15, 0.2) is 0 Å². The van der Waals surface area contributed by atoms with Gasteiger partial charge in [-0.15, -0.1) is 6.58 Å². The van der Waals surface area contributed by atoms with E-state index in [2.05, 4.69) is 22.5 Å². The number of aromatic amines is 1. The maximum Gasteiger partial charge on any atom is 0.254 e. The minimum atomic E-state index is 0.0556. The lowest BCUT2D eigenvalue weighted by atomic mass is 10.1. The standard InChI is InChI=1S/C21H22N4O/c1-3-10-24-11-12-25(14-18-5-4-15(2)23-20(18)24)21(26)17-6-7-19-16(13-17)8-9-22-19/h3-9,13,22H,1,10-12,14H2,2H3. The summed E-state index contributed by atoms with van der Waals surface area (Å²) in [6.07, 6.45) is 3.77. The summed E-state index contributed by atoms with van der Waals surface area (Å²) in [7, 11) is 0. The van der Waals surface area contributed by atoms with Gasteiger partial charge in [0.05, 0.1) is 0 Å². The number of amides is 1. The van der Waals surface area contributed by atoms with Crippen molar-refractivity contribution in [1.29, 1.82) is 0 Å². The number of nitrogens with zero attached hydrogens (tertiary/aromatic N) is 3. The van der Waals surface area contributed by atoms with Crippen molar-refractivity contribution in [2.75, 3.05) is 24.5 Å². The maximum atomic E-state index is 13.1. The highest BCUT2D eigenvalue weighted by Gasteiger charge is 2.24. The fourth-order valence-corrected chi connectivity index (χ4v) is 3.48. The van der Waals surface area contributed by atoms with E-state index in [9.17, 15) is 4.79 Å². The van der Waals surface area contributed by atoms with Crippen LogP contribution < -0.4 is 4.90 Å². The van der Waals surface area contributed by atoms with E-state index >= 15 is 0 Å². The van der Waals surface area contributed by atoms with E-state index in [-0.39, 0.29) is 5.91 Å². The summed E-state index contributed by atoms with van der Waals surface area (Å²) in [5.41, 5.74) is 3.82. The third-order valence-corrected chi connectivity index (χ3v) is 4.83. The zero-order valence-electron chi connectivity index (χ0n) is 14.9. The monoisotopic (exact) mass is 346 g/mol. The highest BCUT2D eigenvalue weighted by Crippen LogP contribution is 2.25. The van der Waals surface area contributed by atoms with Gasteiger partial charge < -0.3 is 14.8 Å². The molecule has 1 N–H and O–H groups in total. The Morgan fingerprint density at radius 3 is 3.00 bits per heavy atom. The number of pyridine rings is 1. The largest absolute Gasteiger partial charge is 0.361 e. The van der Waals surface area contributed by atoms with E-state index < -0.39 is 0 Å². The summed E-state index contributed by atoms with van der Waals surface area (Å²) >= 11 is 0. The molecule has 1 amide bonds. The molecule has 1 aromatic carbocycles. The van der Waals surface area contributed by atoms with Crippen LogP contribution in [0.1, 0.15) is 21.6 Å². The van der Waals surface area contributed by atoms with E-state index in [0.717, 1.165) is 46.6 Å². The smallest absolute Gasteiger partial charge is 0.254 e. The van der Waals surface area contributed by atoms with E-state index in [1.807, 2.05) is 54.4 Å². The Balaban J connectivity index is 1.66. The molecular weight excluding hydrogens is 324 g/mol. The average molecular weight is 346 g/mol. The number of hydrogen-bond acceptors (Lipinski definition) is 3. The predicted octanol–water partition coefficient (Wildman–Crippen LogP) is 3.52. The molecule has 1 aliphatic heterocycles. The first kappa shape index (κ1) is 16.4. The summed E-state index contributed by atoms with van der Waals surface area (Å²) < 4.78 is 0. The molecule has 4 rings (SSSR count). The maximum absolute atomic E-state index is 13.1. The fourth-order valence-electron chi connectivity index (χ4n) is 3.48. The van der Waals surface area contributed by atoms with Gasteiger partial charge in [-0.05, 0) is 37.3 Å². The van der Waals surface area contributed by atoms with Gasteiger partial charge in [-0.1, -0.05) is 12.1 Å². The molecule has 3 heterocycles. The number of rotatable bonds is 3. The van der Waals surface area contributed by atoms with Gasteiger partial charge in [0.2, 0.25) is 0 Å². The minimum Gasteiger partial charge on any atom is -0.361 e. The number of fused-ring (bicyclic) bond motifs is 2. The van der Waals surface area contributed by atoms with Crippen LogP contribution in [0.15, 0.2) is 55.3 Å². The lowest BCUT2D eigenvalue weighted by Crippen LogP contribution is -2.35. The van der Waals surface area contributed by atoms with Crippen LogP contribution in [0, 0.1) is 6.92 Å². The van der Waals surface area contributed by atoms with Crippen molar-refractivity contribution in [3.05, 3.63) is 72.1 Å². The molecule has 1 aliphatic rings. The number of aromatic nitrogens is 2. The minimum absolute atomic E-state index is 0.0556. The van der Waals surface area contributed by atoms with Crippen LogP contribution in [0.2, 0.25) is 0 Å². The highest BCUT2D eigenvalue weighted by molar-refractivity contribution is 5.98. The fraction of sp³-hybridized carbons (Fsp3) is 0.238. The van der Waals surface area contributed by atoms with Gasteiger partial charge in [0, 0.05) is 60.1 Å². The third kappa shape index (κ3) is 2.96. The number of aryl methyl sites for hydroxylation is 1. The Hall–Kier alpha value is -3.08. The molecule has 132 valence electrons. The number of benzene rings is 1. The Labute approximate surface area is 153 Å². The molecule has 0 fully saturated rings. The summed E-state index contributed by atoms with van der Waals surface area (Å²) in [6, 6.07) is 11.9. The van der Waals surface area contributed by atoms with Gasteiger partial charge in [-0.3, -0.25) is 4.79 Å². The number of hydrogen-bond donors (Lipinski definition) is 1. The molecule has 0 bridgehead atoms. The molecule has 5 nitrogen and oxygen atoms in total. The lowest BCUT2D eigenvalue weighted by Gasteiger charge is -2.22. The summed E-state index contributed by atoms with van der Waals surface area (Å²) in [5.74, 6) is 1.02. The van der Waals surface area contributed by atoms with Gasteiger partial charge in [0.25, 0.3) is 5.91 Å². The number of carbonyl (C=O) groups is 1. The Kier molecular flexibility index (Phi) is 4.21. The summed E-state index contributed by atoms with van der Waals surface area (Å²) in [5, 5.41) is 1.05. The first-order chi connectivity index (χ1) is 12.7.